The molecule has 1 aromatic heterocycles. The molecule has 0 spiro atoms. The van der Waals surface area contributed by atoms with Crippen LogP contribution in [-0.4, -0.2) is 11.8 Å². The summed E-state index contributed by atoms with van der Waals surface area (Å²) in [5.74, 6) is 1.12. The maximum Gasteiger partial charge on any atom is 0.251 e. The molecule has 0 aliphatic heterocycles. The third-order valence-corrected chi connectivity index (χ3v) is 2.66. The Labute approximate surface area is 117 Å². The van der Waals surface area contributed by atoms with Gasteiger partial charge in [0.2, 0.25) is 5.91 Å². The highest BCUT2D eigenvalue weighted by atomic mass is 16.3. The van der Waals surface area contributed by atoms with Gasteiger partial charge >= 0.3 is 0 Å². The van der Waals surface area contributed by atoms with Crippen molar-refractivity contribution >= 4 is 17.5 Å². The summed E-state index contributed by atoms with van der Waals surface area (Å²) in [5, 5.41) is 5.40. The minimum Gasteiger partial charge on any atom is -0.465 e. The predicted molar refractivity (Wildman–Crippen MR) is 75.4 cm³/mol. The molecule has 2 aromatic rings. The molecule has 2 N–H and O–H groups in total. The van der Waals surface area contributed by atoms with Crippen molar-refractivity contribution in [2.75, 3.05) is 5.32 Å². The molecule has 0 saturated heterocycles. The zero-order valence-corrected chi connectivity index (χ0v) is 11.4. The van der Waals surface area contributed by atoms with Crippen molar-refractivity contribution in [1.29, 1.82) is 0 Å². The lowest BCUT2D eigenvalue weighted by atomic mass is 10.2. The summed E-state index contributed by atoms with van der Waals surface area (Å²) < 4.78 is 5.37. The van der Waals surface area contributed by atoms with E-state index in [0.717, 1.165) is 5.76 Å². The fourth-order valence-corrected chi connectivity index (χ4v) is 1.79. The summed E-state index contributed by atoms with van der Waals surface area (Å²) in [5.41, 5.74) is 1.08. The van der Waals surface area contributed by atoms with Crippen LogP contribution >= 0.6 is 0 Å². The normalized spacial score (nSPS) is 10.1. The van der Waals surface area contributed by atoms with Gasteiger partial charge < -0.3 is 15.1 Å². The van der Waals surface area contributed by atoms with Crippen LogP contribution in [0.5, 0.6) is 0 Å². The van der Waals surface area contributed by atoms with Gasteiger partial charge in [-0.25, -0.2) is 0 Å². The standard InChI is InChI=1S/C15H16N2O3/c1-10-6-7-14(20-10)9-16-15(19)12-4-3-5-13(8-12)17-11(2)18/h3-8H,9H2,1-2H3,(H,16,19)(H,17,18). The molecule has 0 saturated carbocycles. The predicted octanol–water partition coefficient (Wildman–Crippen LogP) is 2.48. The highest BCUT2D eigenvalue weighted by molar-refractivity contribution is 5.96. The summed E-state index contributed by atoms with van der Waals surface area (Å²) in [6.07, 6.45) is 0. The molecule has 2 amide bonds. The Bertz CT molecular complexity index is 632. The highest BCUT2D eigenvalue weighted by Gasteiger charge is 2.07. The molecule has 0 aliphatic carbocycles. The number of amides is 2. The first-order valence-electron chi connectivity index (χ1n) is 6.26. The monoisotopic (exact) mass is 272 g/mol. The Kier molecular flexibility index (Phi) is 4.20. The van der Waals surface area contributed by atoms with Gasteiger partial charge in [0.1, 0.15) is 11.5 Å². The number of aryl methyl sites for hydroxylation is 1. The number of carbonyl (C=O) groups excluding carboxylic acids is 2. The van der Waals surface area contributed by atoms with Gasteiger partial charge in [0.05, 0.1) is 6.54 Å². The highest BCUT2D eigenvalue weighted by Crippen LogP contribution is 2.11. The van der Waals surface area contributed by atoms with E-state index in [0.29, 0.717) is 23.6 Å². The van der Waals surface area contributed by atoms with Gasteiger partial charge in [-0.05, 0) is 37.3 Å². The lowest BCUT2D eigenvalue weighted by molar-refractivity contribution is -0.114. The van der Waals surface area contributed by atoms with E-state index in [-0.39, 0.29) is 11.8 Å². The molecule has 1 aromatic carbocycles. The van der Waals surface area contributed by atoms with E-state index in [1.807, 2.05) is 19.1 Å². The number of carbonyl (C=O) groups is 2. The summed E-state index contributed by atoms with van der Waals surface area (Å²) >= 11 is 0. The molecule has 0 atom stereocenters. The average molecular weight is 272 g/mol. The second-order valence-electron chi connectivity index (χ2n) is 4.46. The molecule has 0 radical (unpaired) electrons. The van der Waals surface area contributed by atoms with Crippen LogP contribution in [-0.2, 0) is 11.3 Å². The van der Waals surface area contributed by atoms with Crippen molar-refractivity contribution in [2.24, 2.45) is 0 Å². The van der Waals surface area contributed by atoms with Gasteiger partial charge in [-0.1, -0.05) is 6.07 Å². The lowest BCUT2D eigenvalue weighted by Gasteiger charge is -2.06. The molecular formula is C15H16N2O3. The van der Waals surface area contributed by atoms with Crippen molar-refractivity contribution in [3.63, 3.8) is 0 Å². The van der Waals surface area contributed by atoms with Gasteiger partial charge in [-0.3, -0.25) is 9.59 Å². The van der Waals surface area contributed by atoms with Crippen LogP contribution in [0.2, 0.25) is 0 Å². The Morgan fingerprint density at radius 3 is 2.65 bits per heavy atom. The second-order valence-corrected chi connectivity index (χ2v) is 4.46. The number of hydrogen-bond acceptors (Lipinski definition) is 3. The third kappa shape index (κ3) is 3.71. The number of furan rings is 1. The molecule has 2 rings (SSSR count). The number of benzene rings is 1. The first-order valence-corrected chi connectivity index (χ1v) is 6.26. The molecule has 0 unspecified atom stereocenters. The summed E-state index contributed by atoms with van der Waals surface area (Å²) in [7, 11) is 0. The van der Waals surface area contributed by atoms with Crippen LogP contribution < -0.4 is 10.6 Å². The van der Waals surface area contributed by atoms with Gasteiger partial charge in [0.25, 0.3) is 5.91 Å². The van der Waals surface area contributed by atoms with E-state index >= 15 is 0 Å². The fraction of sp³-hybridized carbons (Fsp3) is 0.200. The van der Waals surface area contributed by atoms with Gasteiger partial charge in [0.15, 0.2) is 0 Å². The van der Waals surface area contributed by atoms with Crippen molar-refractivity contribution in [1.82, 2.24) is 5.32 Å². The van der Waals surface area contributed by atoms with Crippen molar-refractivity contribution in [3.05, 3.63) is 53.5 Å². The SMILES string of the molecule is CC(=O)Nc1cccc(C(=O)NCc2ccc(C)o2)c1. The molecule has 5 heteroatoms. The summed E-state index contributed by atoms with van der Waals surface area (Å²) in [6, 6.07) is 10.4. The van der Waals surface area contributed by atoms with E-state index < -0.39 is 0 Å². The molecule has 5 nitrogen and oxygen atoms in total. The van der Waals surface area contributed by atoms with Gasteiger partial charge in [-0.15, -0.1) is 0 Å². The maximum absolute atomic E-state index is 12.0. The largest absolute Gasteiger partial charge is 0.465 e. The van der Waals surface area contributed by atoms with E-state index in [1.54, 1.807) is 24.3 Å². The lowest BCUT2D eigenvalue weighted by Crippen LogP contribution is -2.22. The van der Waals surface area contributed by atoms with Gasteiger partial charge in [0, 0.05) is 18.2 Å². The van der Waals surface area contributed by atoms with Crippen molar-refractivity contribution in [2.45, 2.75) is 20.4 Å². The summed E-state index contributed by atoms with van der Waals surface area (Å²) in [6.45, 7) is 3.60. The minimum atomic E-state index is -0.216. The number of rotatable bonds is 4. The number of nitrogens with one attached hydrogen (secondary N) is 2. The molecule has 0 bridgehead atoms. The van der Waals surface area contributed by atoms with Crippen LogP contribution in [0, 0.1) is 6.92 Å². The zero-order valence-electron chi connectivity index (χ0n) is 11.4. The Morgan fingerprint density at radius 1 is 1.20 bits per heavy atom. The van der Waals surface area contributed by atoms with Crippen LogP contribution in [0.1, 0.15) is 28.8 Å². The third-order valence-electron chi connectivity index (χ3n) is 2.66. The molecule has 0 aliphatic rings. The first-order chi connectivity index (χ1) is 9.54. The van der Waals surface area contributed by atoms with Gasteiger partial charge in [-0.2, -0.15) is 0 Å². The van der Waals surface area contributed by atoms with E-state index in [4.69, 9.17) is 4.42 Å². The average Bonchev–Trinajstić information content (AvgIpc) is 2.81. The van der Waals surface area contributed by atoms with E-state index in [1.165, 1.54) is 6.92 Å². The maximum atomic E-state index is 12.0. The fourth-order valence-electron chi connectivity index (χ4n) is 1.79. The molecule has 1 heterocycles. The molecule has 20 heavy (non-hydrogen) atoms. The van der Waals surface area contributed by atoms with Crippen LogP contribution in [0.15, 0.2) is 40.8 Å². The molecule has 0 fully saturated rings. The second kappa shape index (κ2) is 6.06. The first kappa shape index (κ1) is 13.9. The number of hydrogen-bond donors (Lipinski definition) is 2. The number of anilines is 1. The van der Waals surface area contributed by atoms with Crippen LogP contribution in [0.3, 0.4) is 0 Å². The molecule has 104 valence electrons. The summed E-state index contributed by atoms with van der Waals surface area (Å²) in [4.78, 5) is 23.0. The quantitative estimate of drug-likeness (QED) is 0.898. The molecular weight excluding hydrogens is 256 g/mol. The smallest absolute Gasteiger partial charge is 0.251 e. The topological polar surface area (TPSA) is 71.3 Å². The zero-order chi connectivity index (χ0) is 14.5. The van der Waals surface area contributed by atoms with Crippen molar-refractivity contribution < 1.29 is 14.0 Å². The van der Waals surface area contributed by atoms with Crippen molar-refractivity contribution in [3.8, 4) is 0 Å². The van der Waals surface area contributed by atoms with Crippen LogP contribution in [0.25, 0.3) is 0 Å². The Balaban J connectivity index is 1.99. The Morgan fingerprint density at radius 2 is 2.00 bits per heavy atom. The van der Waals surface area contributed by atoms with E-state index in [2.05, 4.69) is 10.6 Å². The van der Waals surface area contributed by atoms with E-state index in [9.17, 15) is 9.59 Å². The van der Waals surface area contributed by atoms with Crippen LogP contribution in [0.4, 0.5) is 5.69 Å². The minimum absolute atomic E-state index is 0.173. The Hall–Kier alpha value is -2.56.